The maximum atomic E-state index is 12.1. The van der Waals surface area contributed by atoms with Gasteiger partial charge in [0.1, 0.15) is 5.60 Å². The summed E-state index contributed by atoms with van der Waals surface area (Å²) in [6, 6.07) is 0. The molecule has 0 bridgehead atoms. The summed E-state index contributed by atoms with van der Waals surface area (Å²) in [7, 11) is 0. The summed E-state index contributed by atoms with van der Waals surface area (Å²) in [4.78, 5) is 14.0. The second kappa shape index (κ2) is 5.09. The number of likely N-dealkylation sites (tertiary alicyclic amines) is 1. The first-order valence-electron chi connectivity index (χ1n) is 7.82. The van der Waals surface area contributed by atoms with E-state index in [4.69, 9.17) is 4.74 Å². The summed E-state index contributed by atoms with van der Waals surface area (Å²) in [6.45, 7) is 8.24. The molecule has 3 N–H and O–H groups in total. The van der Waals surface area contributed by atoms with E-state index in [0.717, 1.165) is 38.9 Å². The summed E-state index contributed by atoms with van der Waals surface area (Å²) in [5, 5.41) is 3.57. The molecule has 6 nitrogen and oxygen atoms in total. The lowest BCUT2D eigenvalue weighted by molar-refractivity contribution is 0.0138. The molecule has 2 saturated heterocycles. The molecule has 0 aromatic carbocycles. The average Bonchev–Trinajstić information content (AvgIpc) is 2.84. The van der Waals surface area contributed by atoms with E-state index < -0.39 is 5.60 Å². The van der Waals surface area contributed by atoms with Crippen molar-refractivity contribution < 1.29 is 9.53 Å². The van der Waals surface area contributed by atoms with Crippen molar-refractivity contribution in [3.05, 3.63) is 11.9 Å². The van der Waals surface area contributed by atoms with Gasteiger partial charge in [0, 0.05) is 43.0 Å². The zero-order chi connectivity index (χ0) is 15.1. The normalized spacial score (nSPS) is 27.5. The van der Waals surface area contributed by atoms with Gasteiger partial charge in [-0.1, -0.05) is 0 Å². The largest absolute Gasteiger partial charge is 0.444 e. The number of nitrogens with zero attached hydrogens (tertiary/aromatic N) is 1. The van der Waals surface area contributed by atoms with Crippen LogP contribution in [-0.2, 0) is 4.74 Å². The number of piperidine rings is 1. The predicted molar refractivity (Wildman–Crippen MR) is 80.2 cm³/mol. The molecule has 6 heteroatoms. The fraction of sp³-hybridized carbons (Fsp3) is 0.800. The highest BCUT2D eigenvalue weighted by Crippen LogP contribution is 2.35. The van der Waals surface area contributed by atoms with Crippen LogP contribution in [0.5, 0.6) is 0 Å². The van der Waals surface area contributed by atoms with Crippen LogP contribution in [0, 0.1) is 5.92 Å². The van der Waals surface area contributed by atoms with Gasteiger partial charge in [-0.05, 0) is 40.0 Å². The second-order valence-electron chi connectivity index (χ2n) is 7.40. The minimum atomic E-state index is -0.422. The van der Waals surface area contributed by atoms with Gasteiger partial charge in [0.2, 0.25) is 0 Å². The van der Waals surface area contributed by atoms with Crippen molar-refractivity contribution in [2.45, 2.75) is 51.2 Å². The molecule has 1 atom stereocenters. The fourth-order valence-electron chi connectivity index (χ4n) is 3.38. The van der Waals surface area contributed by atoms with Crippen molar-refractivity contribution in [2.75, 3.05) is 19.6 Å². The molecular weight excluding hydrogens is 268 g/mol. The van der Waals surface area contributed by atoms with Gasteiger partial charge in [0.25, 0.3) is 0 Å². The maximum absolute atomic E-state index is 12.1. The molecule has 0 aromatic heterocycles. The Morgan fingerprint density at radius 3 is 2.76 bits per heavy atom. The fourth-order valence-corrected chi connectivity index (χ4v) is 3.38. The number of carbonyl (C=O) groups is 1. The first-order chi connectivity index (χ1) is 9.87. The zero-order valence-corrected chi connectivity index (χ0v) is 13.2. The molecule has 1 spiro atoms. The van der Waals surface area contributed by atoms with Gasteiger partial charge in [-0.25, -0.2) is 10.2 Å². The number of fused-ring (bicyclic) bond motifs is 1. The van der Waals surface area contributed by atoms with Crippen LogP contribution in [0.2, 0.25) is 0 Å². The van der Waals surface area contributed by atoms with E-state index in [9.17, 15) is 4.79 Å². The predicted octanol–water partition coefficient (Wildman–Crippen LogP) is 1.31. The molecule has 0 aromatic rings. The summed E-state index contributed by atoms with van der Waals surface area (Å²) < 4.78 is 5.46. The van der Waals surface area contributed by atoms with Gasteiger partial charge in [-0.15, -0.1) is 0 Å². The van der Waals surface area contributed by atoms with E-state index in [2.05, 4.69) is 22.4 Å². The Bertz CT molecular complexity index is 447. The molecule has 0 aliphatic carbocycles. The Labute approximate surface area is 126 Å². The minimum absolute atomic E-state index is 0.139. The standard InChI is InChI=1S/C15H26N4O2/c1-14(2,3)21-13(20)19-6-4-15(5-7-19)8-11-9-17-18-12(11)10-16-15/h10-11,16-18H,4-9H2,1-3H3. The van der Waals surface area contributed by atoms with E-state index in [1.807, 2.05) is 25.7 Å². The number of rotatable bonds is 0. The molecule has 3 aliphatic rings. The number of nitrogens with one attached hydrogen (secondary N) is 3. The van der Waals surface area contributed by atoms with Crippen LogP contribution in [0.15, 0.2) is 11.9 Å². The van der Waals surface area contributed by atoms with Gasteiger partial charge in [-0.2, -0.15) is 0 Å². The SMILES string of the molecule is CC(C)(C)OC(=O)N1CCC2(CC1)CC1CNNC1=CN2. The first-order valence-corrected chi connectivity index (χ1v) is 7.82. The van der Waals surface area contributed by atoms with Crippen LogP contribution in [0.4, 0.5) is 4.79 Å². The van der Waals surface area contributed by atoms with E-state index in [-0.39, 0.29) is 11.6 Å². The molecule has 3 heterocycles. The Hall–Kier alpha value is -1.43. The van der Waals surface area contributed by atoms with Crippen LogP contribution in [0.1, 0.15) is 40.0 Å². The molecule has 0 saturated carbocycles. The highest BCUT2D eigenvalue weighted by molar-refractivity contribution is 5.68. The molecule has 21 heavy (non-hydrogen) atoms. The molecule has 118 valence electrons. The van der Waals surface area contributed by atoms with Crippen molar-refractivity contribution in [3.8, 4) is 0 Å². The highest BCUT2D eigenvalue weighted by Gasteiger charge is 2.42. The molecular formula is C15H26N4O2. The molecule has 1 unspecified atom stereocenters. The molecule has 1 amide bonds. The van der Waals surface area contributed by atoms with Crippen molar-refractivity contribution in [2.24, 2.45) is 5.92 Å². The van der Waals surface area contributed by atoms with Crippen LogP contribution in [0.3, 0.4) is 0 Å². The van der Waals surface area contributed by atoms with Crippen molar-refractivity contribution >= 4 is 6.09 Å². The number of carbonyl (C=O) groups excluding carboxylic acids is 1. The monoisotopic (exact) mass is 294 g/mol. The molecule has 0 radical (unpaired) electrons. The molecule has 3 aliphatic heterocycles. The minimum Gasteiger partial charge on any atom is -0.444 e. The van der Waals surface area contributed by atoms with E-state index in [1.165, 1.54) is 5.70 Å². The van der Waals surface area contributed by atoms with Crippen molar-refractivity contribution in [1.29, 1.82) is 0 Å². The topological polar surface area (TPSA) is 65.6 Å². The smallest absolute Gasteiger partial charge is 0.410 e. The van der Waals surface area contributed by atoms with Crippen LogP contribution >= 0.6 is 0 Å². The van der Waals surface area contributed by atoms with E-state index >= 15 is 0 Å². The van der Waals surface area contributed by atoms with Crippen LogP contribution in [0.25, 0.3) is 0 Å². The summed E-state index contributed by atoms with van der Waals surface area (Å²) in [5.41, 5.74) is 7.37. The third-order valence-electron chi connectivity index (χ3n) is 4.56. The lowest BCUT2D eigenvalue weighted by Gasteiger charge is -2.45. The molecule has 3 rings (SSSR count). The lowest BCUT2D eigenvalue weighted by Crippen LogP contribution is -2.56. The Kier molecular flexibility index (Phi) is 3.51. The Morgan fingerprint density at radius 2 is 2.10 bits per heavy atom. The third-order valence-corrected chi connectivity index (χ3v) is 4.56. The number of ether oxygens (including phenoxy) is 1. The zero-order valence-electron chi connectivity index (χ0n) is 13.2. The van der Waals surface area contributed by atoms with E-state index in [1.54, 1.807) is 0 Å². The number of hydrogen-bond acceptors (Lipinski definition) is 5. The highest BCUT2D eigenvalue weighted by atomic mass is 16.6. The average molecular weight is 294 g/mol. The van der Waals surface area contributed by atoms with Crippen molar-refractivity contribution in [1.82, 2.24) is 21.1 Å². The lowest BCUT2D eigenvalue weighted by atomic mass is 9.77. The third kappa shape index (κ3) is 3.10. The maximum Gasteiger partial charge on any atom is 0.410 e. The van der Waals surface area contributed by atoms with Crippen LogP contribution in [-0.4, -0.2) is 41.8 Å². The Balaban J connectivity index is 1.57. The van der Waals surface area contributed by atoms with Gasteiger partial charge in [-0.3, -0.25) is 0 Å². The van der Waals surface area contributed by atoms with E-state index in [0.29, 0.717) is 5.92 Å². The van der Waals surface area contributed by atoms with Gasteiger partial charge >= 0.3 is 6.09 Å². The number of hydrogen-bond donors (Lipinski definition) is 3. The van der Waals surface area contributed by atoms with Gasteiger partial charge < -0.3 is 20.4 Å². The quantitative estimate of drug-likeness (QED) is 0.629. The summed E-state index contributed by atoms with van der Waals surface area (Å²) >= 11 is 0. The first kappa shape index (κ1) is 14.5. The summed E-state index contributed by atoms with van der Waals surface area (Å²) in [6.07, 6.45) is 5.01. The van der Waals surface area contributed by atoms with Crippen LogP contribution < -0.4 is 16.2 Å². The number of hydrazine groups is 1. The van der Waals surface area contributed by atoms with Gasteiger partial charge in [0.15, 0.2) is 0 Å². The summed E-state index contributed by atoms with van der Waals surface area (Å²) in [5.74, 6) is 0.569. The molecule has 2 fully saturated rings. The van der Waals surface area contributed by atoms with Gasteiger partial charge in [0.05, 0.1) is 0 Å². The second-order valence-corrected chi connectivity index (χ2v) is 7.40. The Morgan fingerprint density at radius 1 is 1.38 bits per heavy atom. The number of amides is 1. The van der Waals surface area contributed by atoms with Crippen molar-refractivity contribution in [3.63, 3.8) is 0 Å².